The van der Waals surface area contributed by atoms with Gasteiger partial charge in [0, 0.05) is 32.5 Å². The van der Waals surface area contributed by atoms with E-state index in [2.05, 4.69) is 10.0 Å². The second-order valence-electron chi connectivity index (χ2n) is 10.1. The number of halogens is 1. The Morgan fingerprint density at radius 2 is 1.50 bits per heavy atom. The molecule has 0 aromatic heterocycles. The number of sulfonamides is 1. The second-order valence-corrected chi connectivity index (χ2v) is 11.9. The lowest BCUT2D eigenvalue weighted by molar-refractivity contribution is -0.141. The first-order valence-electron chi connectivity index (χ1n) is 13.5. The van der Waals surface area contributed by atoms with E-state index in [1.54, 1.807) is 36.1 Å². The van der Waals surface area contributed by atoms with Crippen molar-refractivity contribution in [1.82, 2.24) is 14.9 Å². The van der Waals surface area contributed by atoms with Crippen LogP contribution in [-0.2, 0) is 39.0 Å². The number of carbonyl (C=O) groups is 2. The number of carbonyl (C=O) groups excluding carboxylic acids is 2. The van der Waals surface area contributed by atoms with Gasteiger partial charge in [-0.15, -0.1) is 0 Å². The summed E-state index contributed by atoms with van der Waals surface area (Å²) in [6, 6.07) is 21.1. The maximum atomic E-state index is 13.7. The van der Waals surface area contributed by atoms with Gasteiger partial charge in [0.25, 0.3) is 0 Å². The van der Waals surface area contributed by atoms with Crippen molar-refractivity contribution >= 4 is 21.8 Å². The van der Waals surface area contributed by atoms with Gasteiger partial charge in [-0.25, -0.2) is 17.5 Å². The van der Waals surface area contributed by atoms with Crippen LogP contribution in [0.25, 0.3) is 0 Å². The summed E-state index contributed by atoms with van der Waals surface area (Å²) >= 11 is 0. The SMILES string of the molecule is CCNS(=O)(=O)c1ccc(CCC(=O)N(Cc2ccc(F)cc2)C(Cc2ccccc2)C(=O)NCC(C)C)cc1. The van der Waals surface area contributed by atoms with E-state index >= 15 is 0 Å². The zero-order valence-electron chi connectivity index (χ0n) is 23.3. The summed E-state index contributed by atoms with van der Waals surface area (Å²) < 4.78 is 40.5. The molecule has 3 aromatic carbocycles. The maximum Gasteiger partial charge on any atom is 0.243 e. The van der Waals surface area contributed by atoms with Gasteiger partial charge in [0.2, 0.25) is 21.8 Å². The number of nitrogens with one attached hydrogen (secondary N) is 2. The molecule has 1 unspecified atom stereocenters. The van der Waals surface area contributed by atoms with Gasteiger partial charge in [-0.2, -0.15) is 0 Å². The van der Waals surface area contributed by atoms with Crippen molar-refractivity contribution in [2.75, 3.05) is 13.1 Å². The number of amides is 2. The van der Waals surface area contributed by atoms with Crippen molar-refractivity contribution in [3.05, 3.63) is 101 Å². The van der Waals surface area contributed by atoms with Gasteiger partial charge >= 0.3 is 0 Å². The van der Waals surface area contributed by atoms with E-state index in [0.717, 1.165) is 11.1 Å². The monoisotopic (exact) mass is 567 g/mol. The highest BCUT2D eigenvalue weighted by molar-refractivity contribution is 7.89. The third-order valence-corrected chi connectivity index (χ3v) is 7.98. The molecule has 1 atom stereocenters. The van der Waals surface area contributed by atoms with Crippen molar-refractivity contribution in [2.24, 2.45) is 5.92 Å². The molecule has 0 bridgehead atoms. The molecule has 0 fully saturated rings. The molecule has 2 N–H and O–H groups in total. The van der Waals surface area contributed by atoms with Crippen LogP contribution in [0.2, 0.25) is 0 Å². The Morgan fingerprint density at radius 1 is 0.875 bits per heavy atom. The van der Waals surface area contributed by atoms with E-state index in [4.69, 9.17) is 0 Å². The quantitative estimate of drug-likeness (QED) is 0.301. The molecule has 214 valence electrons. The van der Waals surface area contributed by atoms with Crippen LogP contribution in [-0.4, -0.2) is 44.3 Å². The van der Waals surface area contributed by atoms with Gasteiger partial charge in [-0.05, 0) is 53.3 Å². The topological polar surface area (TPSA) is 95.6 Å². The number of benzene rings is 3. The lowest BCUT2D eigenvalue weighted by Gasteiger charge is -2.32. The average Bonchev–Trinajstić information content (AvgIpc) is 2.94. The zero-order chi connectivity index (χ0) is 29.1. The predicted molar refractivity (Wildman–Crippen MR) is 154 cm³/mol. The first kappa shape index (κ1) is 31.0. The molecule has 0 spiro atoms. The fraction of sp³-hybridized carbons (Fsp3) is 0.355. The summed E-state index contributed by atoms with van der Waals surface area (Å²) in [5.41, 5.74) is 2.43. The summed E-state index contributed by atoms with van der Waals surface area (Å²) in [5.74, 6) is -0.612. The van der Waals surface area contributed by atoms with Crippen molar-refractivity contribution in [3.63, 3.8) is 0 Å². The highest BCUT2D eigenvalue weighted by Crippen LogP contribution is 2.18. The number of rotatable bonds is 14. The molecule has 40 heavy (non-hydrogen) atoms. The van der Waals surface area contributed by atoms with Crippen LogP contribution >= 0.6 is 0 Å². The molecule has 0 radical (unpaired) electrons. The van der Waals surface area contributed by atoms with Crippen LogP contribution in [0.5, 0.6) is 0 Å². The normalized spacial score (nSPS) is 12.2. The Bertz CT molecular complexity index is 1350. The van der Waals surface area contributed by atoms with Gasteiger partial charge in [-0.1, -0.05) is 75.4 Å². The van der Waals surface area contributed by atoms with Crippen molar-refractivity contribution < 1.29 is 22.4 Å². The number of hydrogen-bond donors (Lipinski definition) is 2. The van der Waals surface area contributed by atoms with E-state index in [1.807, 2.05) is 44.2 Å². The molecular formula is C31H38FN3O4S. The fourth-order valence-corrected chi connectivity index (χ4v) is 5.31. The minimum absolute atomic E-state index is 0.114. The van der Waals surface area contributed by atoms with Crippen molar-refractivity contribution in [1.29, 1.82) is 0 Å². The van der Waals surface area contributed by atoms with Gasteiger partial charge in [0.05, 0.1) is 4.90 Å². The van der Waals surface area contributed by atoms with E-state index in [9.17, 15) is 22.4 Å². The van der Waals surface area contributed by atoms with Crippen molar-refractivity contribution in [3.8, 4) is 0 Å². The Kier molecular flexibility index (Phi) is 11.4. The molecule has 0 aliphatic rings. The van der Waals surface area contributed by atoms with Crippen molar-refractivity contribution in [2.45, 2.75) is 57.5 Å². The molecule has 7 nitrogen and oxygen atoms in total. The van der Waals surface area contributed by atoms with Crippen LogP contribution in [0, 0.1) is 11.7 Å². The fourth-order valence-electron chi connectivity index (χ4n) is 4.27. The van der Waals surface area contributed by atoms with Gasteiger partial charge < -0.3 is 10.2 Å². The molecule has 0 saturated carbocycles. The van der Waals surface area contributed by atoms with E-state index in [0.29, 0.717) is 24.9 Å². The smallest absolute Gasteiger partial charge is 0.243 e. The standard InChI is InChI=1S/C31H38FN3O4S/c1-4-34-40(38,39)28-17-12-24(13-18-28)14-19-30(36)35(22-26-10-15-27(32)16-11-26)29(31(37)33-21-23(2)3)20-25-8-6-5-7-9-25/h5-13,15-18,23,29,34H,4,14,19-22H2,1-3H3,(H,33,37). The van der Waals surface area contributed by atoms with Gasteiger partial charge in [-0.3, -0.25) is 9.59 Å². The summed E-state index contributed by atoms with van der Waals surface area (Å²) in [6.45, 7) is 6.63. The molecule has 0 heterocycles. The number of nitrogens with zero attached hydrogens (tertiary/aromatic N) is 1. The number of hydrogen-bond acceptors (Lipinski definition) is 4. The minimum atomic E-state index is -3.57. The van der Waals surface area contributed by atoms with E-state index < -0.39 is 16.1 Å². The molecule has 3 rings (SSSR count). The first-order chi connectivity index (χ1) is 19.1. The van der Waals surface area contributed by atoms with Crippen LogP contribution in [0.3, 0.4) is 0 Å². The van der Waals surface area contributed by atoms with Crippen LogP contribution in [0.1, 0.15) is 43.9 Å². The number of aryl methyl sites for hydroxylation is 1. The third kappa shape index (κ3) is 9.27. The van der Waals surface area contributed by atoms with E-state index in [1.165, 1.54) is 24.3 Å². The lowest BCUT2D eigenvalue weighted by Crippen LogP contribution is -2.51. The van der Waals surface area contributed by atoms with Crippen LogP contribution in [0.15, 0.2) is 83.8 Å². The molecule has 0 aliphatic carbocycles. The summed E-state index contributed by atoms with van der Waals surface area (Å²) in [4.78, 5) is 28.9. The Balaban J connectivity index is 1.86. The Hall–Kier alpha value is -3.56. The predicted octanol–water partition coefficient (Wildman–Crippen LogP) is 4.47. The molecule has 0 saturated heterocycles. The molecule has 3 aromatic rings. The van der Waals surface area contributed by atoms with Gasteiger partial charge in [0.1, 0.15) is 11.9 Å². The molecule has 2 amide bonds. The highest BCUT2D eigenvalue weighted by Gasteiger charge is 2.30. The Morgan fingerprint density at radius 3 is 2.10 bits per heavy atom. The minimum Gasteiger partial charge on any atom is -0.354 e. The third-order valence-electron chi connectivity index (χ3n) is 6.42. The maximum absolute atomic E-state index is 13.7. The summed E-state index contributed by atoms with van der Waals surface area (Å²) in [6.07, 6.45) is 0.809. The van der Waals surface area contributed by atoms with Crippen LogP contribution < -0.4 is 10.0 Å². The highest BCUT2D eigenvalue weighted by atomic mass is 32.2. The largest absolute Gasteiger partial charge is 0.354 e. The average molecular weight is 568 g/mol. The molecular weight excluding hydrogens is 529 g/mol. The lowest BCUT2D eigenvalue weighted by atomic mass is 10.0. The Labute approximate surface area is 236 Å². The summed E-state index contributed by atoms with van der Waals surface area (Å²) in [7, 11) is -3.57. The van der Waals surface area contributed by atoms with Gasteiger partial charge in [0.15, 0.2) is 0 Å². The van der Waals surface area contributed by atoms with Crippen LogP contribution in [0.4, 0.5) is 4.39 Å². The second kappa shape index (κ2) is 14.7. The first-order valence-corrected chi connectivity index (χ1v) is 15.0. The molecule has 9 heteroatoms. The zero-order valence-corrected chi connectivity index (χ0v) is 24.1. The summed E-state index contributed by atoms with van der Waals surface area (Å²) in [5, 5.41) is 2.98. The molecule has 0 aliphatic heterocycles. The van der Waals surface area contributed by atoms with E-state index in [-0.39, 0.29) is 48.0 Å².